The zero-order chi connectivity index (χ0) is 19.0. The Labute approximate surface area is 158 Å². The summed E-state index contributed by atoms with van der Waals surface area (Å²) in [4.78, 5) is 39.1. The van der Waals surface area contributed by atoms with Crippen LogP contribution in [0, 0.1) is 0 Å². The minimum atomic E-state index is -1.14. The van der Waals surface area contributed by atoms with E-state index in [0.29, 0.717) is 11.1 Å². The molecule has 2 aliphatic rings. The first kappa shape index (κ1) is 17.5. The summed E-state index contributed by atoms with van der Waals surface area (Å²) in [5.74, 6) is -0.616. The van der Waals surface area contributed by atoms with Crippen LogP contribution in [-0.4, -0.2) is 29.2 Å². The summed E-state index contributed by atoms with van der Waals surface area (Å²) in [7, 11) is 0. The summed E-state index contributed by atoms with van der Waals surface area (Å²) in [6.45, 7) is 1.43. The van der Waals surface area contributed by atoms with Crippen LogP contribution in [0.1, 0.15) is 46.8 Å². The molecule has 0 radical (unpaired) electrons. The zero-order valence-electron chi connectivity index (χ0n) is 15.3. The van der Waals surface area contributed by atoms with Gasteiger partial charge in [-0.1, -0.05) is 42.5 Å². The molecule has 0 unspecified atom stereocenters. The van der Waals surface area contributed by atoms with Crippen molar-refractivity contribution < 1.29 is 14.4 Å². The van der Waals surface area contributed by atoms with Crippen molar-refractivity contribution in [1.29, 1.82) is 0 Å². The number of carbonyl (C=O) groups excluding carboxylic acids is 3. The van der Waals surface area contributed by atoms with Crippen LogP contribution in [0.15, 0.2) is 48.5 Å². The lowest BCUT2D eigenvalue weighted by atomic mass is 9.89. The number of hydrogen-bond donors (Lipinski definition) is 1. The van der Waals surface area contributed by atoms with Crippen LogP contribution in [0.3, 0.4) is 0 Å². The molecule has 2 aromatic rings. The van der Waals surface area contributed by atoms with Gasteiger partial charge < -0.3 is 5.32 Å². The van der Waals surface area contributed by atoms with Gasteiger partial charge in [0, 0.05) is 5.56 Å². The van der Waals surface area contributed by atoms with Gasteiger partial charge in [-0.15, -0.1) is 0 Å². The lowest BCUT2D eigenvalue weighted by Gasteiger charge is -2.22. The largest absolute Gasteiger partial charge is 0.325 e. The number of aryl methyl sites for hydroxylation is 2. The first-order valence-corrected chi connectivity index (χ1v) is 9.34. The third kappa shape index (κ3) is 3.03. The van der Waals surface area contributed by atoms with Crippen molar-refractivity contribution in [2.75, 3.05) is 6.54 Å². The Morgan fingerprint density at radius 2 is 1.74 bits per heavy atom. The molecule has 1 heterocycles. The van der Waals surface area contributed by atoms with Crippen molar-refractivity contribution in [3.8, 4) is 0 Å². The van der Waals surface area contributed by atoms with E-state index in [0.717, 1.165) is 24.2 Å². The third-order valence-corrected chi connectivity index (χ3v) is 5.60. The Morgan fingerprint density at radius 3 is 2.48 bits per heavy atom. The van der Waals surface area contributed by atoms with E-state index in [1.165, 1.54) is 17.5 Å². The van der Waals surface area contributed by atoms with E-state index in [9.17, 15) is 14.4 Å². The van der Waals surface area contributed by atoms with Gasteiger partial charge in [0.25, 0.3) is 5.91 Å². The second kappa shape index (κ2) is 6.65. The van der Waals surface area contributed by atoms with Crippen molar-refractivity contribution in [2.24, 2.45) is 0 Å². The fourth-order valence-corrected chi connectivity index (χ4v) is 3.95. The first-order valence-electron chi connectivity index (χ1n) is 9.34. The molecule has 5 nitrogen and oxygen atoms in total. The van der Waals surface area contributed by atoms with Gasteiger partial charge in [-0.25, -0.2) is 4.79 Å². The number of Topliss-reactive ketones (excluding diaryl/α,β-unsaturated/α-hetero) is 1. The average Bonchev–Trinajstić information content (AvgIpc) is 2.92. The van der Waals surface area contributed by atoms with Gasteiger partial charge in [-0.05, 0) is 55.4 Å². The average molecular weight is 362 g/mol. The second-order valence-electron chi connectivity index (χ2n) is 7.43. The number of nitrogens with zero attached hydrogens (tertiary/aromatic N) is 1. The predicted molar refractivity (Wildman–Crippen MR) is 101 cm³/mol. The highest BCUT2D eigenvalue weighted by molar-refractivity contribution is 6.11. The maximum atomic E-state index is 12.9. The molecular weight excluding hydrogens is 340 g/mol. The molecular formula is C22H22N2O3. The Hall–Kier alpha value is -2.95. The molecule has 1 N–H and O–H groups in total. The molecule has 0 bridgehead atoms. The molecule has 0 saturated carbocycles. The molecule has 1 saturated heterocycles. The molecule has 4 rings (SSSR count). The van der Waals surface area contributed by atoms with Gasteiger partial charge >= 0.3 is 6.03 Å². The molecule has 1 fully saturated rings. The van der Waals surface area contributed by atoms with Crippen LogP contribution in [0.4, 0.5) is 4.79 Å². The predicted octanol–water partition coefficient (Wildman–Crippen LogP) is 3.22. The maximum absolute atomic E-state index is 12.9. The molecule has 1 aliphatic heterocycles. The van der Waals surface area contributed by atoms with Crippen LogP contribution in [0.5, 0.6) is 0 Å². The maximum Gasteiger partial charge on any atom is 0.325 e. The van der Waals surface area contributed by atoms with E-state index in [1.807, 2.05) is 30.3 Å². The highest BCUT2D eigenvalue weighted by Gasteiger charge is 2.49. The summed E-state index contributed by atoms with van der Waals surface area (Å²) in [5, 5.41) is 2.74. The van der Waals surface area contributed by atoms with Gasteiger partial charge in [0.15, 0.2) is 5.78 Å². The number of hydrogen-bond acceptors (Lipinski definition) is 3. The Balaban J connectivity index is 1.55. The highest BCUT2D eigenvalue weighted by atomic mass is 16.2. The lowest BCUT2D eigenvalue weighted by Crippen LogP contribution is -2.41. The number of carbonyl (C=O) groups is 3. The van der Waals surface area contributed by atoms with Gasteiger partial charge in [-0.3, -0.25) is 14.5 Å². The van der Waals surface area contributed by atoms with E-state index in [-0.39, 0.29) is 12.3 Å². The molecule has 3 amide bonds. The van der Waals surface area contributed by atoms with E-state index in [2.05, 4.69) is 5.32 Å². The number of amides is 3. The Bertz CT molecular complexity index is 922. The summed E-state index contributed by atoms with van der Waals surface area (Å²) in [5.41, 5.74) is 2.62. The number of rotatable bonds is 4. The van der Waals surface area contributed by atoms with Crippen molar-refractivity contribution in [1.82, 2.24) is 10.2 Å². The molecule has 138 valence electrons. The highest BCUT2D eigenvalue weighted by Crippen LogP contribution is 2.29. The van der Waals surface area contributed by atoms with E-state index in [4.69, 9.17) is 0 Å². The number of benzene rings is 2. The number of fused-ring (bicyclic) bond motifs is 1. The van der Waals surface area contributed by atoms with Crippen LogP contribution in [0.2, 0.25) is 0 Å². The topological polar surface area (TPSA) is 66.5 Å². The van der Waals surface area contributed by atoms with Crippen molar-refractivity contribution >= 4 is 17.7 Å². The fraction of sp³-hybridized carbons (Fsp3) is 0.318. The van der Waals surface area contributed by atoms with Crippen molar-refractivity contribution in [2.45, 2.75) is 38.1 Å². The van der Waals surface area contributed by atoms with Gasteiger partial charge in [0.1, 0.15) is 5.54 Å². The van der Waals surface area contributed by atoms with E-state index >= 15 is 0 Å². The van der Waals surface area contributed by atoms with Crippen LogP contribution in [-0.2, 0) is 23.2 Å². The number of ketones is 1. The molecule has 0 aromatic heterocycles. The minimum absolute atomic E-state index is 0.218. The van der Waals surface area contributed by atoms with Crippen molar-refractivity contribution in [3.05, 3.63) is 70.8 Å². The monoisotopic (exact) mass is 362 g/mol. The number of nitrogens with one attached hydrogen (secondary N) is 1. The normalized spacial score (nSPS) is 21.7. The molecule has 27 heavy (non-hydrogen) atoms. The first-order chi connectivity index (χ1) is 13.0. The summed E-state index contributed by atoms with van der Waals surface area (Å²) >= 11 is 0. The number of urea groups is 1. The SMILES string of the molecule is C[C@]1(c2ccccc2)NC(=O)N(CC(=O)c2ccc3c(c2)CCCC3)C1=O. The molecule has 1 aliphatic carbocycles. The molecule has 5 heteroatoms. The smallest absolute Gasteiger partial charge is 0.319 e. The van der Waals surface area contributed by atoms with Crippen molar-refractivity contribution in [3.63, 3.8) is 0 Å². The Morgan fingerprint density at radius 1 is 1.04 bits per heavy atom. The standard InChI is InChI=1S/C22H22N2O3/c1-22(18-9-3-2-4-10-18)20(26)24(21(27)23-22)14-19(25)17-12-11-15-7-5-6-8-16(15)13-17/h2-4,9-13H,5-8,14H2,1H3,(H,23,27)/t22-/m1/s1. The van der Waals surface area contributed by atoms with Gasteiger partial charge in [0.05, 0.1) is 6.54 Å². The van der Waals surface area contributed by atoms with Gasteiger partial charge in [0.2, 0.25) is 0 Å². The van der Waals surface area contributed by atoms with Gasteiger partial charge in [-0.2, -0.15) is 0 Å². The summed E-state index contributed by atoms with van der Waals surface area (Å²) < 4.78 is 0. The molecule has 0 spiro atoms. The summed E-state index contributed by atoms with van der Waals surface area (Å²) in [6, 6.07) is 14.3. The third-order valence-electron chi connectivity index (χ3n) is 5.60. The fourth-order valence-electron chi connectivity index (χ4n) is 3.95. The lowest BCUT2D eigenvalue weighted by molar-refractivity contribution is -0.130. The van der Waals surface area contributed by atoms with E-state index in [1.54, 1.807) is 25.1 Å². The van der Waals surface area contributed by atoms with Crippen LogP contribution >= 0.6 is 0 Å². The van der Waals surface area contributed by atoms with Crippen LogP contribution < -0.4 is 5.32 Å². The zero-order valence-corrected chi connectivity index (χ0v) is 15.3. The van der Waals surface area contributed by atoms with Crippen LogP contribution in [0.25, 0.3) is 0 Å². The second-order valence-corrected chi connectivity index (χ2v) is 7.43. The summed E-state index contributed by atoms with van der Waals surface area (Å²) in [6.07, 6.45) is 4.34. The van der Waals surface area contributed by atoms with E-state index < -0.39 is 17.5 Å². The molecule has 2 aromatic carbocycles. The number of imide groups is 1. The minimum Gasteiger partial charge on any atom is -0.319 e. The Kier molecular flexibility index (Phi) is 4.30. The molecule has 1 atom stereocenters. The quantitative estimate of drug-likeness (QED) is 0.671.